The number of aryl methyl sites for hydroxylation is 1. The van der Waals surface area contributed by atoms with Gasteiger partial charge in [0.05, 0.1) is 13.2 Å². The second-order valence-electron chi connectivity index (χ2n) is 1.96. The number of hydrogen-bond donors (Lipinski definition) is 2. The number of H-pyrrole nitrogens is 1. The second-order valence-corrected chi connectivity index (χ2v) is 1.96. The molecule has 0 unspecified atom stereocenters. The Morgan fingerprint density at radius 3 is 2.90 bits per heavy atom. The molecule has 2 N–H and O–H groups in total. The molecule has 0 atom stereocenters. The molecule has 0 bridgehead atoms. The molecule has 0 aliphatic carbocycles. The minimum Gasteiger partial charge on any atom is -0.394 e. The molecule has 0 aromatic carbocycles. The zero-order valence-electron chi connectivity index (χ0n) is 5.66. The van der Waals surface area contributed by atoms with Gasteiger partial charge in [0.1, 0.15) is 5.82 Å². The lowest BCUT2D eigenvalue weighted by molar-refractivity contribution is 0.267. The van der Waals surface area contributed by atoms with Gasteiger partial charge in [-0.05, 0) is 6.92 Å². The van der Waals surface area contributed by atoms with Crippen LogP contribution in [0.2, 0.25) is 0 Å². The summed E-state index contributed by atoms with van der Waals surface area (Å²) < 4.78 is 1.19. The zero-order chi connectivity index (χ0) is 7.56. The Bertz CT molecular complexity index is 262. The van der Waals surface area contributed by atoms with E-state index in [1.165, 1.54) is 4.68 Å². The Labute approximate surface area is 57.3 Å². The highest BCUT2D eigenvalue weighted by atomic mass is 16.3. The van der Waals surface area contributed by atoms with Gasteiger partial charge in [0.15, 0.2) is 0 Å². The normalized spacial score (nSPS) is 10.2. The minimum atomic E-state index is -0.272. The number of aliphatic hydroxyl groups excluding tert-OH is 1. The summed E-state index contributed by atoms with van der Waals surface area (Å²) in [4.78, 5) is 13.2. The van der Waals surface area contributed by atoms with Crippen molar-refractivity contribution in [3.63, 3.8) is 0 Å². The lowest BCUT2D eigenvalue weighted by Gasteiger charge is -1.90. The standard InChI is InChI=1S/C5H9N3O2/c1-4-6-5(10)8(7-4)2-3-9/h9H,2-3H2,1H3,(H,6,7,10). The summed E-state index contributed by atoms with van der Waals surface area (Å²) in [7, 11) is 0. The first-order valence-electron chi connectivity index (χ1n) is 2.98. The maximum absolute atomic E-state index is 10.8. The van der Waals surface area contributed by atoms with Crippen LogP contribution in [0.1, 0.15) is 5.82 Å². The Morgan fingerprint density at radius 2 is 2.50 bits per heavy atom. The molecule has 1 aromatic rings. The molecular weight excluding hydrogens is 134 g/mol. The Balaban J connectivity index is 2.92. The van der Waals surface area contributed by atoms with E-state index < -0.39 is 0 Å². The van der Waals surface area contributed by atoms with E-state index in [-0.39, 0.29) is 18.8 Å². The van der Waals surface area contributed by atoms with Gasteiger partial charge in [0.2, 0.25) is 0 Å². The monoisotopic (exact) mass is 143 g/mol. The van der Waals surface area contributed by atoms with E-state index in [1.54, 1.807) is 6.92 Å². The van der Waals surface area contributed by atoms with E-state index in [2.05, 4.69) is 10.1 Å². The van der Waals surface area contributed by atoms with Gasteiger partial charge in [0, 0.05) is 0 Å². The highest BCUT2D eigenvalue weighted by Gasteiger charge is 1.97. The fourth-order valence-corrected chi connectivity index (χ4v) is 0.717. The van der Waals surface area contributed by atoms with E-state index in [9.17, 15) is 4.79 Å². The van der Waals surface area contributed by atoms with Crippen LogP contribution in [0.4, 0.5) is 0 Å². The van der Waals surface area contributed by atoms with E-state index in [1.807, 2.05) is 0 Å². The third kappa shape index (κ3) is 1.24. The topological polar surface area (TPSA) is 70.9 Å². The van der Waals surface area contributed by atoms with E-state index in [0.29, 0.717) is 5.82 Å². The van der Waals surface area contributed by atoms with Crippen LogP contribution in [0, 0.1) is 6.92 Å². The quantitative estimate of drug-likeness (QED) is 0.550. The number of aromatic nitrogens is 3. The van der Waals surface area contributed by atoms with Crippen molar-refractivity contribution in [3.8, 4) is 0 Å². The van der Waals surface area contributed by atoms with Gasteiger partial charge in [-0.15, -0.1) is 0 Å². The third-order valence-corrected chi connectivity index (χ3v) is 1.10. The molecule has 0 spiro atoms. The molecule has 10 heavy (non-hydrogen) atoms. The molecule has 0 radical (unpaired) electrons. The summed E-state index contributed by atoms with van der Waals surface area (Å²) >= 11 is 0. The van der Waals surface area contributed by atoms with E-state index >= 15 is 0 Å². The fourth-order valence-electron chi connectivity index (χ4n) is 0.717. The predicted octanol–water partition coefficient (Wildman–Crippen LogP) is -1.13. The maximum Gasteiger partial charge on any atom is 0.343 e. The average Bonchev–Trinajstić information content (AvgIpc) is 2.13. The highest BCUT2D eigenvalue weighted by Crippen LogP contribution is 1.78. The molecule has 0 saturated carbocycles. The summed E-state index contributed by atoms with van der Waals surface area (Å²) in [6.07, 6.45) is 0. The molecule has 1 rings (SSSR count). The predicted molar refractivity (Wildman–Crippen MR) is 34.7 cm³/mol. The highest BCUT2D eigenvalue weighted by molar-refractivity contribution is 4.75. The Kier molecular flexibility index (Phi) is 1.86. The molecule has 1 heterocycles. The molecule has 1 aromatic heterocycles. The Morgan fingerprint density at radius 1 is 1.80 bits per heavy atom. The van der Waals surface area contributed by atoms with Crippen molar-refractivity contribution in [1.29, 1.82) is 0 Å². The number of nitrogens with one attached hydrogen (secondary N) is 1. The van der Waals surface area contributed by atoms with Crippen molar-refractivity contribution in [2.45, 2.75) is 13.5 Å². The molecule has 0 aliphatic rings. The van der Waals surface area contributed by atoms with Gasteiger partial charge in [-0.2, -0.15) is 5.10 Å². The van der Waals surface area contributed by atoms with Gasteiger partial charge in [-0.1, -0.05) is 0 Å². The molecule has 0 amide bonds. The van der Waals surface area contributed by atoms with Crippen molar-refractivity contribution in [2.75, 3.05) is 6.61 Å². The molecular formula is C5H9N3O2. The van der Waals surface area contributed by atoms with Crippen LogP contribution in [0.15, 0.2) is 4.79 Å². The first-order valence-corrected chi connectivity index (χ1v) is 2.98. The second kappa shape index (κ2) is 2.66. The van der Waals surface area contributed by atoms with Crippen LogP contribution >= 0.6 is 0 Å². The summed E-state index contributed by atoms with van der Waals surface area (Å²) in [5.74, 6) is 0.568. The molecule has 0 fully saturated rings. The van der Waals surface area contributed by atoms with Gasteiger partial charge >= 0.3 is 5.69 Å². The molecule has 56 valence electrons. The fraction of sp³-hybridized carbons (Fsp3) is 0.600. The first kappa shape index (κ1) is 7.01. The van der Waals surface area contributed by atoms with Gasteiger partial charge < -0.3 is 5.11 Å². The summed E-state index contributed by atoms with van der Waals surface area (Å²) in [5.41, 5.74) is -0.272. The number of aliphatic hydroxyl groups is 1. The molecule has 0 saturated heterocycles. The molecule has 0 aliphatic heterocycles. The lowest BCUT2D eigenvalue weighted by Crippen LogP contribution is -2.19. The van der Waals surface area contributed by atoms with Crippen molar-refractivity contribution >= 4 is 0 Å². The van der Waals surface area contributed by atoms with Crippen molar-refractivity contribution in [1.82, 2.24) is 14.8 Å². The van der Waals surface area contributed by atoms with Gasteiger partial charge in [-0.3, -0.25) is 4.98 Å². The van der Waals surface area contributed by atoms with Crippen LogP contribution in [0.25, 0.3) is 0 Å². The minimum absolute atomic E-state index is 0.0653. The van der Waals surface area contributed by atoms with Crippen LogP contribution in [0.5, 0.6) is 0 Å². The van der Waals surface area contributed by atoms with Crippen LogP contribution < -0.4 is 5.69 Å². The largest absolute Gasteiger partial charge is 0.394 e. The van der Waals surface area contributed by atoms with E-state index in [4.69, 9.17) is 5.11 Å². The van der Waals surface area contributed by atoms with Crippen LogP contribution in [-0.2, 0) is 6.54 Å². The van der Waals surface area contributed by atoms with E-state index in [0.717, 1.165) is 0 Å². The Hall–Kier alpha value is -1.10. The van der Waals surface area contributed by atoms with Crippen molar-refractivity contribution in [2.24, 2.45) is 0 Å². The number of nitrogens with zero attached hydrogens (tertiary/aromatic N) is 2. The molecule has 5 heteroatoms. The van der Waals surface area contributed by atoms with Crippen LogP contribution in [-0.4, -0.2) is 26.5 Å². The van der Waals surface area contributed by atoms with Crippen molar-refractivity contribution in [3.05, 3.63) is 16.3 Å². The van der Waals surface area contributed by atoms with Gasteiger partial charge in [0.25, 0.3) is 0 Å². The zero-order valence-corrected chi connectivity index (χ0v) is 5.66. The SMILES string of the molecule is Cc1nn(CCO)c(=O)[nH]1. The third-order valence-electron chi connectivity index (χ3n) is 1.10. The maximum atomic E-state index is 10.8. The summed E-state index contributed by atoms with van der Waals surface area (Å²) in [5, 5.41) is 12.2. The number of aromatic amines is 1. The first-order chi connectivity index (χ1) is 4.74. The lowest BCUT2D eigenvalue weighted by atomic mass is 10.7. The van der Waals surface area contributed by atoms with Crippen molar-refractivity contribution < 1.29 is 5.11 Å². The number of hydrogen-bond acceptors (Lipinski definition) is 3. The smallest absolute Gasteiger partial charge is 0.343 e. The summed E-state index contributed by atoms with van der Waals surface area (Å²) in [6.45, 7) is 1.88. The van der Waals surface area contributed by atoms with Gasteiger partial charge in [-0.25, -0.2) is 9.48 Å². The molecule has 5 nitrogen and oxygen atoms in total. The van der Waals surface area contributed by atoms with Crippen LogP contribution in [0.3, 0.4) is 0 Å². The summed E-state index contributed by atoms with van der Waals surface area (Å²) in [6, 6.07) is 0. The average molecular weight is 143 g/mol. The number of rotatable bonds is 2.